The summed E-state index contributed by atoms with van der Waals surface area (Å²) in [6.45, 7) is 5.48. The van der Waals surface area contributed by atoms with Gasteiger partial charge in [-0.2, -0.15) is 0 Å². The van der Waals surface area contributed by atoms with Crippen molar-refractivity contribution in [3.63, 3.8) is 0 Å². The topological polar surface area (TPSA) is 90.9 Å². The SMILES string of the molecule is C=C(C)C(=O)OCCNC(=O)OCCCCCC(=O)Oc1ccccc1. The van der Waals surface area contributed by atoms with Gasteiger partial charge in [0.2, 0.25) is 0 Å². The number of amides is 1. The summed E-state index contributed by atoms with van der Waals surface area (Å²) in [5.41, 5.74) is 0.306. The Morgan fingerprint density at radius 3 is 2.42 bits per heavy atom. The van der Waals surface area contributed by atoms with Gasteiger partial charge in [-0.3, -0.25) is 4.79 Å². The number of carbonyl (C=O) groups excluding carboxylic acids is 3. The second kappa shape index (κ2) is 12.5. The minimum Gasteiger partial charge on any atom is -0.460 e. The molecule has 142 valence electrons. The molecule has 0 heterocycles. The summed E-state index contributed by atoms with van der Waals surface area (Å²) in [5, 5.41) is 2.47. The summed E-state index contributed by atoms with van der Waals surface area (Å²) in [6.07, 6.45) is 1.80. The van der Waals surface area contributed by atoms with Gasteiger partial charge in [-0.1, -0.05) is 24.8 Å². The van der Waals surface area contributed by atoms with Gasteiger partial charge in [0, 0.05) is 12.0 Å². The van der Waals surface area contributed by atoms with Crippen LogP contribution in [0.2, 0.25) is 0 Å². The Hall–Kier alpha value is -2.83. The first-order valence-electron chi connectivity index (χ1n) is 8.48. The molecular formula is C19H25NO6. The van der Waals surface area contributed by atoms with Crippen LogP contribution in [0.5, 0.6) is 5.75 Å². The van der Waals surface area contributed by atoms with Gasteiger partial charge in [0.05, 0.1) is 13.2 Å². The molecule has 0 saturated heterocycles. The average molecular weight is 363 g/mol. The van der Waals surface area contributed by atoms with Crippen molar-refractivity contribution in [2.75, 3.05) is 19.8 Å². The number of rotatable bonds is 11. The van der Waals surface area contributed by atoms with Crippen molar-refractivity contribution in [1.29, 1.82) is 0 Å². The van der Waals surface area contributed by atoms with E-state index in [-0.39, 0.29) is 25.7 Å². The molecule has 0 aliphatic heterocycles. The molecule has 0 saturated carbocycles. The van der Waals surface area contributed by atoms with Crippen LogP contribution in [-0.2, 0) is 19.1 Å². The number of carbonyl (C=O) groups is 3. The van der Waals surface area contributed by atoms with E-state index in [9.17, 15) is 14.4 Å². The Labute approximate surface area is 153 Å². The van der Waals surface area contributed by atoms with Crippen molar-refractivity contribution < 1.29 is 28.6 Å². The summed E-state index contributed by atoms with van der Waals surface area (Å²) in [4.78, 5) is 34.1. The molecule has 1 rings (SSSR count). The molecule has 0 atom stereocenters. The Morgan fingerprint density at radius 2 is 1.73 bits per heavy atom. The van der Waals surface area contributed by atoms with Crippen molar-refractivity contribution in [2.24, 2.45) is 0 Å². The van der Waals surface area contributed by atoms with Gasteiger partial charge in [0.25, 0.3) is 0 Å². The molecule has 0 unspecified atom stereocenters. The summed E-state index contributed by atoms with van der Waals surface area (Å²) < 4.78 is 15.0. The third kappa shape index (κ3) is 10.1. The zero-order valence-electron chi connectivity index (χ0n) is 15.0. The van der Waals surface area contributed by atoms with E-state index in [0.717, 1.165) is 6.42 Å². The van der Waals surface area contributed by atoms with E-state index in [1.54, 1.807) is 31.2 Å². The second-order valence-corrected chi connectivity index (χ2v) is 5.58. The molecule has 7 heteroatoms. The number of para-hydroxylation sites is 1. The number of hydrogen-bond acceptors (Lipinski definition) is 6. The predicted molar refractivity (Wildman–Crippen MR) is 95.7 cm³/mol. The first kappa shape index (κ1) is 21.2. The monoisotopic (exact) mass is 363 g/mol. The highest BCUT2D eigenvalue weighted by Gasteiger charge is 2.06. The van der Waals surface area contributed by atoms with E-state index in [4.69, 9.17) is 14.2 Å². The second-order valence-electron chi connectivity index (χ2n) is 5.58. The van der Waals surface area contributed by atoms with Crippen molar-refractivity contribution in [1.82, 2.24) is 5.32 Å². The van der Waals surface area contributed by atoms with E-state index in [2.05, 4.69) is 11.9 Å². The van der Waals surface area contributed by atoms with Crippen LogP contribution in [0, 0.1) is 0 Å². The molecular weight excluding hydrogens is 338 g/mol. The lowest BCUT2D eigenvalue weighted by Gasteiger charge is -2.08. The van der Waals surface area contributed by atoms with Gasteiger partial charge in [0.15, 0.2) is 0 Å². The molecule has 1 aromatic rings. The highest BCUT2D eigenvalue weighted by Crippen LogP contribution is 2.10. The highest BCUT2D eigenvalue weighted by atomic mass is 16.6. The lowest BCUT2D eigenvalue weighted by molar-refractivity contribution is -0.138. The van der Waals surface area contributed by atoms with Gasteiger partial charge in [0.1, 0.15) is 12.4 Å². The molecule has 1 aromatic carbocycles. The molecule has 0 aliphatic carbocycles. The molecule has 0 aliphatic rings. The fraction of sp³-hybridized carbons (Fsp3) is 0.421. The van der Waals surface area contributed by atoms with E-state index < -0.39 is 12.1 Å². The molecule has 0 bridgehead atoms. The van der Waals surface area contributed by atoms with Crippen LogP contribution >= 0.6 is 0 Å². The standard InChI is InChI=1S/C19H25NO6/c1-15(2)18(22)24-14-12-20-19(23)25-13-8-4-7-11-17(21)26-16-9-5-3-6-10-16/h3,5-6,9-10H,1,4,7-8,11-14H2,2H3,(H,20,23). The van der Waals surface area contributed by atoms with Crippen LogP contribution in [0.15, 0.2) is 42.5 Å². The van der Waals surface area contributed by atoms with Crippen LogP contribution in [-0.4, -0.2) is 37.8 Å². The minimum absolute atomic E-state index is 0.0598. The quantitative estimate of drug-likeness (QED) is 0.281. The van der Waals surface area contributed by atoms with Gasteiger partial charge in [-0.05, 0) is 38.3 Å². The number of unbranched alkanes of at least 4 members (excludes halogenated alkanes) is 2. The van der Waals surface area contributed by atoms with Gasteiger partial charge >= 0.3 is 18.0 Å². The van der Waals surface area contributed by atoms with Crippen molar-refractivity contribution >= 4 is 18.0 Å². The number of nitrogens with one attached hydrogen (secondary N) is 1. The Bertz CT molecular complexity index is 599. The fourth-order valence-corrected chi connectivity index (χ4v) is 1.86. The average Bonchev–Trinajstić information content (AvgIpc) is 2.62. The van der Waals surface area contributed by atoms with E-state index in [1.165, 1.54) is 0 Å². The van der Waals surface area contributed by atoms with Crippen LogP contribution in [0.25, 0.3) is 0 Å². The Balaban J connectivity index is 1.96. The maximum absolute atomic E-state index is 11.6. The normalized spacial score (nSPS) is 9.88. The predicted octanol–water partition coefficient (Wildman–Crippen LogP) is 3.00. The maximum atomic E-state index is 11.6. The van der Waals surface area contributed by atoms with Gasteiger partial charge in [-0.15, -0.1) is 0 Å². The number of ether oxygens (including phenoxy) is 3. The first-order valence-corrected chi connectivity index (χ1v) is 8.48. The first-order chi connectivity index (χ1) is 12.5. The number of alkyl carbamates (subject to hydrolysis) is 1. The number of hydrogen-bond donors (Lipinski definition) is 1. The largest absolute Gasteiger partial charge is 0.460 e. The summed E-state index contributed by atoms with van der Waals surface area (Å²) >= 11 is 0. The summed E-state index contributed by atoms with van der Waals surface area (Å²) in [7, 11) is 0. The van der Waals surface area contributed by atoms with E-state index in [1.807, 2.05) is 6.07 Å². The lowest BCUT2D eigenvalue weighted by atomic mass is 10.2. The molecule has 0 aromatic heterocycles. The number of esters is 2. The van der Waals surface area contributed by atoms with Gasteiger partial charge < -0.3 is 19.5 Å². The molecule has 0 fully saturated rings. The lowest BCUT2D eigenvalue weighted by Crippen LogP contribution is -2.29. The van der Waals surface area contributed by atoms with Crippen LogP contribution in [0.3, 0.4) is 0 Å². The maximum Gasteiger partial charge on any atom is 0.407 e. The van der Waals surface area contributed by atoms with E-state index >= 15 is 0 Å². The molecule has 0 spiro atoms. The van der Waals surface area contributed by atoms with Crippen molar-refractivity contribution in [3.05, 3.63) is 42.5 Å². The van der Waals surface area contributed by atoms with Crippen molar-refractivity contribution in [3.8, 4) is 5.75 Å². The highest BCUT2D eigenvalue weighted by molar-refractivity contribution is 5.86. The van der Waals surface area contributed by atoms with Gasteiger partial charge in [-0.25, -0.2) is 9.59 Å². The Kier molecular flexibility index (Phi) is 10.2. The van der Waals surface area contributed by atoms with Crippen LogP contribution in [0.1, 0.15) is 32.6 Å². The molecule has 26 heavy (non-hydrogen) atoms. The van der Waals surface area contributed by atoms with Crippen LogP contribution < -0.4 is 10.1 Å². The van der Waals surface area contributed by atoms with E-state index in [0.29, 0.717) is 30.6 Å². The zero-order chi connectivity index (χ0) is 19.2. The fourth-order valence-electron chi connectivity index (χ4n) is 1.86. The minimum atomic E-state index is -0.570. The summed E-state index contributed by atoms with van der Waals surface area (Å²) in [5.74, 6) is -0.239. The summed E-state index contributed by atoms with van der Waals surface area (Å²) in [6, 6.07) is 8.90. The van der Waals surface area contributed by atoms with Crippen molar-refractivity contribution in [2.45, 2.75) is 32.6 Å². The molecule has 0 radical (unpaired) electrons. The van der Waals surface area contributed by atoms with Crippen LogP contribution in [0.4, 0.5) is 4.79 Å². The Morgan fingerprint density at radius 1 is 1.00 bits per heavy atom. The third-order valence-electron chi connectivity index (χ3n) is 3.19. The number of benzene rings is 1. The molecule has 1 amide bonds. The third-order valence-corrected chi connectivity index (χ3v) is 3.19. The molecule has 1 N–H and O–H groups in total. The molecule has 7 nitrogen and oxygen atoms in total. The smallest absolute Gasteiger partial charge is 0.407 e. The zero-order valence-corrected chi connectivity index (χ0v) is 15.0.